The van der Waals surface area contributed by atoms with E-state index in [2.05, 4.69) is 16.9 Å². The van der Waals surface area contributed by atoms with Crippen LogP contribution in [-0.2, 0) is 4.79 Å². The summed E-state index contributed by atoms with van der Waals surface area (Å²) in [5, 5.41) is 4.01. The van der Waals surface area contributed by atoms with Gasteiger partial charge in [0.05, 0.1) is 0 Å². The maximum atomic E-state index is 11.4. The van der Waals surface area contributed by atoms with E-state index in [1.165, 1.54) is 6.08 Å². The molecule has 0 spiro atoms. The third-order valence-electron chi connectivity index (χ3n) is 2.23. The lowest BCUT2D eigenvalue weighted by atomic mass is 10.1. The summed E-state index contributed by atoms with van der Waals surface area (Å²) in [5.74, 6) is -0.274. The van der Waals surface area contributed by atoms with Crippen LogP contribution in [0.2, 0.25) is 0 Å². The Morgan fingerprint density at radius 2 is 2.19 bits per heavy atom. The fraction of sp³-hybridized carbons (Fsp3) is 0. The Kier molecular flexibility index (Phi) is 2.55. The van der Waals surface area contributed by atoms with Crippen LogP contribution < -0.4 is 10.9 Å². The molecule has 0 fully saturated rings. The highest BCUT2D eigenvalue weighted by Crippen LogP contribution is 2.15. The van der Waals surface area contributed by atoms with Crippen LogP contribution >= 0.6 is 0 Å². The van der Waals surface area contributed by atoms with E-state index >= 15 is 0 Å². The van der Waals surface area contributed by atoms with Crippen LogP contribution in [0.5, 0.6) is 0 Å². The molecule has 0 unspecified atom stereocenters. The first-order chi connectivity index (χ1) is 7.70. The van der Waals surface area contributed by atoms with Gasteiger partial charge in [0.1, 0.15) is 0 Å². The first-order valence-corrected chi connectivity index (χ1v) is 4.75. The Morgan fingerprint density at radius 1 is 1.38 bits per heavy atom. The first-order valence-electron chi connectivity index (χ1n) is 4.75. The number of benzene rings is 1. The molecule has 1 aromatic heterocycles. The van der Waals surface area contributed by atoms with Crippen LogP contribution in [0.3, 0.4) is 0 Å². The lowest BCUT2D eigenvalue weighted by Crippen LogP contribution is -2.08. The summed E-state index contributed by atoms with van der Waals surface area (Å²) in [6, 6.07) is 6.87. The normalized spacial score (nSPS) is 10.0. The Bertz CT molecular complexity index is 614. The molecule has 80 valence electrons. The van der Waals surface area contributed by atoms with Crippen molar-refractivity contribution in [2.24, 2.45) is 0 Å². The molecule has 2 rings (SSSR count). The van der Waals surface area contributed by atoms with E-state index < -0.39 is 0 Å². The van der Waals surface area contributed by atoms with Gasteiger partial charge in [0.2, 0.25) is 5.91 Å². The maximum Gasteiger partial charge on any atom is 0.255 e. The lowest BCUT2D eigenvalue weighted by molar-refractivity contribution is -0.111. The van der Waals surface area contributed by atoms with Crippen LogP contribution in [0, 0.1) is 0 Å². The molecule has 0 atom stereocenters. The van der Waals surface area contributed by atoms with Crippen molar-refractivity contribution in [1.29, 1.82) is 0 Å². The number of pyridine rings is 1. The minimum Gasteiger partial charge on any atom is -0.329 e. The molecule has 4 nitrogen and oxygen atoms in total. The average molecular weight is 214 g/mol. The van der Waals surface area contributed by atoms with Crippen molar-refractivity contribution in [3.05, 3.63) is 53.5 Å². The van der Waals surface area contributed by atoms with Crippen LogP contribution in [0.1, 0.15) is 0 Å². The van der Waals surface area contributed by atoms with Crippen molar-refractivity contribution in [1.82, 2.24) is 4.98 Å². The smallest absolute Gasteiger partial charge is 0.255 e. The van der Waals surface area contributed by atoms with Crippen LogP contribution in [0.15, 0.2) is 47.9 Å². The highest BCUT2D eigenvalue weighted by molar-refractivity contribution is 6.00. The van der Waals surface area contributed by atoms with Crippen molar-refractivity contribution in [2.75, 3.05) is 5.32 Å². The number of anilines is 1. The third-order valence-corrected chi connectivity index (χ3v) is 2.23. The molecule has 0 radical (unpaired) electrons. The van der Waals surface area contributed by atoms with E-state index in [9.17, 15) is 9.59 Å². The van der Waals surface area contributed by atoms with E-state index in [0.29, 0.717) is 11.1 Å². The molecule has 0 aliphatic rings. The molecule has 1 aromatic carbocycles. The second-order valence-corrected chi connectivity index (χ2v) is 3.30. The number of carbonyl (C=O) groups is 1. The Hall–Kier alpha value is -2.36. The van der Waals surface area contributed by atoms with Gasteiger partial charge in [0.25, 0.3) is 5.56 Å². The quantitative estimate of drug-likeness (QED) is 0.747. The van der Waals surface area contributed by atoms with Crippen molar-refractivity contribution in [3.63, 3.8) is 0 Å². The van der Waals surface area contributed by atoms with Crippen LogP contribution in [-0.4, -0.2) is 10.9 Å². The van der Waals surface area contributed by atoms with E-state index in [1.807, 2.05) is 0 Å². The van der Waals surface area contributed by atoms with Gasteiger partial charge in [0, 0.05) is 17.3 Å². The molecule has 2 N–H and O–H groups in total. The number of amides is 1. The summed E-state index contributed by atoms with van der Waals surface area (Å²) in [4.78, 5) is 25.1. The van der Waals surface area contributed by atoms with Crippen LogP contribution in [0.25, 0.3) is 10.8 Å². The van der Waals surface area contributed by atoms with Gasteiger partial charge in [0.15, 0.2) is 0 Å². The summed E-state index contributed by atoms with van der Waals surface area (Å²) >= 11 is 0. The number of nitrogens with one attached hydrogen (secondary N) is 2. The fourth-order valence-corrected chi connectivity index (χ4v) is 1.46. The van der Waals surface area contributed by atoms with Crippen LogP contribution in [0.4, 0.5) is 5.69 Å². The van der Waals surface area contributed by atoms with E-state index in [1.54, 1.807) is 30.5 Å². The van der Waals surface area contributed by atoms with E-state index in [4.69, 9.17) is 0 Å². The molecule has 0 aliphatic heterocycles. The topological polar surface area (TPSA) is 62.0 Å². The number of hydrogen-bond donors (Lipinski definition) is 2. The molecule has 4 heteroatoms. The minimum absolute atomic E-state index is 0.140. The minimum atomic E-state index is -0.274. The molecule has 2 aromatic rings. The van der Waals surface area contributed by atoms with Gasteiger partial charge in [-0.1, -0.05) is 6.58 Å². The summed E-state index contributed by atoms with van der Waals surface area (Å²) < 4.78 is 0. The highest BCUT2D eigenvalue weighted by atomic mass is 16.1. The number of aromatic nitrogens is 1. The van der Waals surface area contributed by atoms with E-state index in [0.717, 1.165) is 5.39 Å². The van der Waals surface area contributed by atoms with Gasteiger partial charge in [-0.05, 0) is 35.7 Å². The predicted molar refractivity (Wildman–Crippen MR) is 63.4 cm³/mol. The van der Waals surface area contributed by atoms with Gasteiger partial charge in [-0.2, -0.15) is 0 Å². The molecule has 0 bridgehead atoms. The number of H-pyrrole nitrogens is 1. The molecule has 0 saturated carbocycles. The van der Waals surface area contributed by atoms with Gasteiger partial charge < -0.3 is 10.3 Å². The van der Waals surface area contributed by atoms with Gasteiger partial charge in [-0.3, -0.25) is 9.59 Å². The van der Waals surface area contributed by atoms with Crippen molar-refractivity contribution in [2.45, 2.75) is 0 Å². The van der Waals surface area contributed by atoms with Crippen molar-refractivity contribution < 1.29 is 4.79 Å². The molecule has 1 heterocycles. The standard InChI is InChI=1S/C12H10N2O2/c1-2-11(15)14-9-3-4-10-8(7-9)5-6-13-12(10)16/h2-7H,1H2,(H,13,16)(H,14,15). The zero-order valence-electron chi connectivity index (χ0n) is 8.49. The van der Waals surface area contributed by atoms with E-state index in [-0.39, 0.29) is 11.5 Å². The van der Waals surface area contributed by atoms with Crippen molar-refractivity contribution in [3.8, 4) is 0 Å². The lowest BCUT2D eigenvalue weighted by Gasteiger charge is -2.03. The number of hydrogen-bond acceptors (Lipinski definition) is 2. The number of carbonyl (C=O) groups excluding carboxylic acids is 1. The van der Waals surface area contributed by atoms with Gasteiger partial charge in [-0.15, -0.1) is 0 Å². The predicted octanol–water partition coefficient (Wildman–Crippen LogP) is 1.65. The second kappa shape index (κ2) is 4.02. The largest absolute Gasteiger partial charge is 0.329 e. The number of rotatable bonds is 2. The Balaban J connectivity index is 2.48. The summed E-state index contributed by atoms with van der Waals surface area (Å²) in [6.45, 7) is 3.37. The van der Waals surface area contributed by atoms with Crippen molar-refractivity contribution >= 4 is 22.4 Å². The number of aromatic amines is 1. The summed E-state index contributed by atoms with van der Waals surface area (Å²) in [5.41, 5.74) is 0.502. The van der Waals surface area contributed by atoms with Gasteiger partial charge in [-0.25, -0.2) is 0 Å². The van der Waals surface area contributed by atoms with Gasteiger partial charge >= 0.3 is 0 Å². The molecule has 0 saturated heterocycles. The number of fused-ring (bicyclic) bond motifs is 1. The maximum absolute atomic E-state index is 11.4. The molecule has 1 amide bonds. The molecule has 0 aliphatic carbocycles. The average Bonchev–Trinajstić information content (AvgIpc) is 2.29. The Labute approximate surface area is 91.6 Å². The third kappa shape index (κ3) is 1.86. The first kappa shape index (κ1) is 10.2. The summed E-state index contributed by atoms with van der Waals surface area (Å²) in [6.07, 6.45) is 2.77. The molecular formula is C12H10N2O2. The Morgan fingerprint density at radius 3 is 2.94 bits per heavy atom. The zero-order chi connectivity index (χ0) is 11.5. The monoisotopic (exact) mass is 214 g/mol. The highest BCUT2D eigenvalue weighted by Gasteiger charge is 2.01. The second-order valence-electron chi connectivity index (χ2n) is 3.30. The zero-order valence-corrected chi connectivity index (χ0v) is 8.49. The fourth-order valence-electron chi connectivity index (χ4n) is 1.46. The SMILES string of the molecule is C=CC(=O)Nc1ccc2c(=O)[nH]ccc2c1. The molecule has 16 heavy (non-hydrogen) atoms. The molecular weight excluding hydrogens is 204 g/mol. The summed E-state index contributed by atoms with van der Waals surface area (Å²) in [7, 11) is 0.